The predicted octanol–water partition coefficient (Wildman–Crippen LogP) is 4.01. The first-order valence-electron chi connectivity index (χ1n) is 8.44. The number of carbonyl (C=O) groups is 1. The summed E-state index contributed by atoms with van der Waals surface area (Å²) in [5.74, 6) is 0.579. The number of hydrogen-bond acceptors (Lipinski definition) is 7. The number of aromatic nitrogens is 1. The third-order valence-electron chi connectivity index (χ3n) is 4.14. The molecule has 0 bridgehead atoms. The number of hydrogen-bond donors (Lipinski definition) is 2. The maximum Gasteiger partial charge on any atom is 0.354 e. The molecule has 1 heterocycles. The van der Waals surface area contributed by atoms with E-state index in [4.69, 9.17) is 14.2 Å². The van der Waals surface area contributed by atoms with Crippen LogP contribution in [0.2, 0.25) is 0 Å². The number of nitro benzene ring substituents is 1. The Balaban J connectivity index is 2.10. The molecule has 0 atom stereocenters. The maximum absolute atomic E-state index is 12.1. The van der Waals surface area contributed by atoms with E-state index < -0.39 is 10.9 Å². The minimum Gasteiger partial charge on any atom is -0.497 e. The van der Waals surface area contributed by atoms with Crippen LogP contribution in [0.4, 0.5) is 17.1 Å². The molecule has 0 unspecified atom stereocenters. The van der Waals surface area contributed by atoms with Gasteiger partial charge in [-0.15, -0.1) is 0 Å². The third kappa shape index (κ3) is 3.54. The highest BCUT2D eigenvalue weighted by molar-refractivity contribution is 6.04. The van der Waals surface area contributed by atoms with Gasteiger partial charge in [0.1, 0.15) is 22.7 Å². The van der Waals surface area contributed by atoms with E-state index in [2.05, 4.69) is 10.3 Å². The first-order chi connectivity index (χ1) is 13.5. The van der Waals surface area contributed by atoms with Crippen molar-refractivity contribution in [3.63, 3.8) is 0 Å². The summed E-state index contributed by atoms with van der Waals surface area (Å²) in [6.45, 7) is 1.89. The number of H-pyrrole nitrogens is 1. The minimum atomic E-state index is -0.582. The van der Waals surface area contributed by atoms with Crippen LogP contribution in [-0.4, -0.2) is 36.7 Å². The van der Waals surface area contributed by atoms with Gasteiger partial charge in [-0.2, -0.15) is 0 Å². The van der Waals surface area contributed by atoms with Gasteiger partial charge in [-0.25, -0.2) is 4.79 Å². The second-order valence-corrected chi connectivity index (χ2v) is 5.77. The van der Waals surface area contributed by atoms with Crippen LogP contribution >= 0.6 is 0 Å². The fourth-order valence-electron chi connectivity index (χ4n) is 2.83. The minimum absolute atomic E-state index is 0.135. The lowest BCUT2D eigenvalue weighted by Gasteiger charge is -2.13. The molecule has 0 aliphatic rings. The van der Waals surface area contributed by atoms with Crippen molar-refractivity contribution >= 4 is 33.9 Å². The van der Waals surface area contributed by atoms with Gasteiger partial charge in [0.25, 0.3) is 5.69 Å². The lowest BCUT2D eigenvalue weighted by atomic mass is 10.1. The number of fused-ring (bicyclic) bond motifs is 1. The van der Waals surface area contributed by atoms with Gasteiger partial charge in [0, 0.05) is 23.2 Å². The summed E-state index contributed by atoms with van der Waals surface area (Å²) in [5.41, 5.74) is 1.42. The van der Waals surface area contributed by atoms with Crippen LogP contribution in [0, 0.1) is 10.1 Å². The predicted molar refractivity (Wildman–Crippen MR) is 104 cm³/mol. The Morgan fingerprint density at radius 1 is 1.14 bits per heavy atom. The molecule has 0 aliphatic heterocycles. The Hall–Kier alpha value is -3.75. The summed E-state index contributed by atoms with van der Waals surface area (Å²) in [4.78, 5) is 25.7. The average molecular weight is 385 g/mol. The van der Waals surface area contributed by atoms with Crippen molar-refractivity contribution in [3.8, 4) is 11.5 Å². The highest BCUT2D eigenvalue weighted by Gasteiger charge is 2.21. The molecule has 2 aromatic carbocycles. The Bertz CT molecular complexity index is 1040. The van der Waals surface area contributed by atoms with Crippen LogP contribution in [0.5, 0.6) is 11.5 Å². The highest BCUT2D eigenvalue weighted by atomic mass is 16.6. The summed E-state index contributed by atoms with van der Waals surface area (Å²) < 4.78 is 15.5. The molecule has 0 saturated heterocycles. The fraction of sp³-hybridized carbons (Fsp3) is 0.211. The molecule has 1 aromatic heterocycles. The van der Waals surface area contributed by atoms with Crippen molar-refractivity contribution in [2.45, 2.75) is 6.92 Å². The van der Waals surface area contributed by atoms with Gasteiger partial charge in [-0.3, -0.25) is 10.1 Å². The number of benzene rings is 2. The van der Waals surface area contributed by atoms with Crippen LogP contribution in [0.15, 0.2) is 36.4 Å². The molecule has 28 heavy (non-hydrogen) atoms. The summed E-state index contributed by atoms with van der Waals surface area (Å²) in [7, 11) is 3.08. The van der Waals surface area contributed by atoms with E-state index in [1.165, 1.54) is 19.2 Å². The summed E-state index contributed by atoms with van der Waals surface area (Å²) in [6, 6.07) is 9.71. The van der Waals surface area contributed by atoms with E-state index in [9.17, 15) is 14.9 Å². The molecule has 0 fully saturated rings. The number of aromatic amines is 1. The summed E-state index contributed by atoms with van der Waals surface area (Å²) in [6.07, 6.45) is 0. The number of anilines is 2. The maximum atomic E-state index is 12.1. The monoisotopic (exact) mass is 385 g/mol. The Morgan fingerprint density at radius 3 is 2.54 bits per heavy atom. The van der Waals surface area contributed by atoms with Crippen LogP contribution < -0.4 is 14.8 Å². The normalized spacial score (nSPS) is 10.5. The molecule has 0 amide bonds. The second kappa shape index (κ2) is 7.87. The molecular weight excluding hydrogens is 366 g/mol. The average Bonchev–Trinajstić information content (AvgIpc) is 3.14. The van der Waals surface area contributed by atoms with Crippen molar-refractivity contribution in [1.29, 1.82) is 0 Å². The molecule has 9 heteroatoms. The molecule has 0 radical (unpaired) electrons. The molecule has 2 N–H and O–H groups in total. The molecular formula is C19H19N3O6. The van der Waals surface area contributed by atoms with Crippen LogP contribution in [0.25, 0.3) is 10.9 Å². The van der Waals surface area contributed by atoms with Crippen LogP contribution in [-0.2, 0) is 4.74 Å². The zero-order valence-corrected chi connectivity index (χ0v) is 15.6. The zero-order chi connectivity index (χ0) is 20.3. The topological polar surface area (TPSA) is 116 Å². The molecule has 0 saturated carbocycles. The van der Waals surface area contributed by atoms with E-state index >= 15 is 0 Å². The van der Waals surface area contributed by atoms with E-state index in [0.29, 0.717) is 28.3 Å². The number of methoxy groups -OCH3 is 2. The number of esters is 1. The molecule has 9 nitrogen and oxygen atoms in total. The largest absolute Gasteiger partial charge is 0.497 e. The van der Waals surface area contributed by atoms with E-state index in [0.717, 1.165) is 0 Å². The van der Waals surface area contributed by atoms with Gasteiger partial charge in [0.15, 0.2) is 0 Å². The fourth-order valence-corrected chi connectivity index (χ4v) is 2.83. The SMILES string of the molecule is CCOC(=O)c1cc2c(Nc3ccc(OC)cc3OC)ccc([N+](=O)[O-])c2[nH]1. The van der Waals surface area contributed by atoms with Crippen LogP contribution in [0.1, 0.15) is 17.4 Å². The number of carbonyl (C=O) groups excluding carboxylic acids is 1. The Labute approximate surface area is 160 Å². The molecule has 0 spiro atoms. The standard InChI is InChI=1S/C19H19N3O6/c1-4-28-19(23)15-10-12-13(7-8-16(22(24)25)18(12)21-15)20-14-6-5-11(26-2)9-17(14)27-3/h5-10,20-21H,4H2,1-3H3. The van der Waals surface area contributed by atoms with Gasteiger partial charge >= 0.3 is 5.97 Å². The number of nitrogens with one attached hydrogen (secondary N) is 2. The second-order valence-electron chi connectivity index (χ2n) is 5.77. The van der Waals surface area contributed by atoms with Gasteiger partial charge in [-0.05, 0) is 31.2 Å². The number of ether oxygens (including phenoxy) is 3. The number of non-ortho nitro benzene ring substituents is 1. The quantitative estimate of drug-likeness (QED) is 0.358. The van der Waals surface area contributed by atoms with Gasteiger partial charge in [-0.1, -0.05) is 0 Å². The highest BCUT2D eigenvalue weighted by Crippen LogP contribution is 2.37. The third-order valence-corrected chi connectivity index (χ3v) is 4.14. The Kier molecular flexibility index (Phi) is 5.35. The summed E-state index contributed by atoms with van der Waals surface area (Å²) >= 11 is 0. The van der Waals surface area contributed by atoms with Crippen LogP contribution in [0.3, 0.4) is 0 Å². The zero-order valence-electron chi connectivity index (χ0n) is 15.6. The van der Waals surface area contributed by atoms with Crippen molar-refractivity contribution in [2.24, 2.45) is 0 Å². The van der Waals surface area contributed by atoms with E-state index in [-0.39, 0.29) is 23.5 Å². The first-order valence-corrected chi connectivity index (χ1v) is 8.44. The van der Waals surface area contributed by atoms with E-state index in [1.807, 2.05) is 0 Å². The van der Waals surface area contributed by atoms with Gasteiger partial charge in [0.05, 0.1) is 31.4 Å². The van der Waals surface area contributed by atoms with Crippen molar-refractivity contribution in [1.82, 2.24) is 4.98 Å². The molecule has 3 rings (SSSR count). The molecule has 3 aromatic rings. The number of nitro groups is 1. The Morgan fingerprint density at radius 2 is 1.89 bits per heavy atom. The lowest BCUT2D eigenvalue weighted by Crippen LogP contribution is -2.04. The molecule has 0 aliphatic carbocycles. The van der Waals surface area contributed by atoms with E-state index in [1.54, 1.807) is 38.3 Å². The van der Waals surface area contributed by atoms with Gasteiger partial charge in [0.2, 0.25) is 0 Å². The smallest absolute Gasteiger partial charge is 0.354 e. The first kappa shape index (κ1) is 19.0. The van der Waals surface area contributed by atoms with Crippen molar-refractivity contribution < 1.29 is 23.9 Å². The van der Waals surface area contributed by atoms with Gasteiger partial charge < -0.3 is 24.5 Å². The summed E-state index contributed by atoms with van der Waals surface area (Å²) in [5, 5.41) is 15.0. The van der Waals surface area contributed by atoms with Crippen molar-refractivity contribution in [2.75, 3.05) is 26.1 Å². The molecule has 146 valence electrons. The number of rotatable bonds is 7. The van der Waals surface area contributed by atoms with Crippen molar-refractivity contribution in [3.05, 3.63) is 52.2 Å². The number of nitrogens with zero attached hydrogens (tertiary/aromatic N) is 1. The lowest BCUT2D eigenvalue weighted by molar-refractivity contribution is -0.383.